The van der Waals surface area contributed by atoms with Gasteiger partial charge in [-0.1, -0.05) is 0 Å². The maximum atomic E-state index is 12.5. The molecule has 4 nitrogen and oxygen atoms in total. The second-order valence-corrected chi connectivity index (χ2v) is 6.10. The third-order valence-corrected chi connectivity index (χ3v) is 4.88. The van der Waals surface area contributed by atoms with Gasteiger partial charge in [-0.2, -0.15) is 0 Å². The van der Waals surface area contributed by atoms with Crippen LogP contribution >= 0.6 is 0 Å². The fourth-order valence-corrected chi connectivity index (χ4v) is 3.68. The van der Waals surface area contributed by atoms with Gasteiger partial charge >= 0.3 is 0 Å². The van der Waals surface area contributed by atoms with E-state index in [4.69, 9.17) is 4.74 Å². The number of hydrogen-bond acceptors (Lipinski definition) is 3. The van der Waals surface area contributed by atoms with Crippen LogP contribution in [-0.2, 0) is 9.53 Å². The first-order chi connectivity index (χ1) is 8.70. The minimum Gasteiger partial charge on any atom is -0.362 e. The Morgan fingerprint density at radius 3 is 2.72 bits per heavy atom. The van der Waals surface area contributed by atoms with Crippen molar-refractivity contribution in [1.82, 2.24) is 10.2 Å². The van der Waals surface area contributed by atoms with Crippen LogP contribution in [0.4, 0.5) is 0 Å². The van der Waals surface area contributed by atoms with Gasteiger partial charge in [0, 0.05) is 12.6 Å². The molecule has 0 radical (unpaired) electrons. The quantitative estimate of drug-likeness (QED) is 0.765. The smallest absolute Gasteiger partial charge is 0.251 e. The van der Waals surface area contributed by atoms with Crippen molar-refractivity contribution in [3.63, 3.8) is 0 Å². The normalized spacial score (nSPS) is 35.3. The summed E-state index contributed by atoms with van der Waals surface area (Å²) in [7, 11) is 0. The SMILES string of the molecule is CC1CCCN1C(=O)C1CCC2(CCNCC2)O1. The van der Waals surface area contributed by atoms with E-state index >= 15 is 0 Å². The summed E-state index contributed by atoms with van der Waals surface area (Å²) in [6.45, 7) is 5.14. The molecule has 0 aromatic carbocycles. The highest BCUT2D eigenvalue weighted by molar-refractivity contribution is 5.81. The molecule has 3 aliphatic rings. The highest BCUT2D eigenvalue weighted by Gasteiger charge is 2.45. The van der Waals surface area contributed by atoms with Gasteiger partial charge in [-0.25, -0.2) is 0 Å². The lowest BCUT2D eigenvalue weighted by molar-refractivity contribution is -0.150. The average Bonchev–Trinajstić information content (AvgIpc) is 2.97. The minimum absolute atomic E-state index is 0.00847. The Morgan fingerprint density at radius 1 is 1.28 bits per heavy atom. The number of nitrogens with one attached hydrogen (secondary N) is 1. The number of hydrogen-bond donors (Lipinski definition) is 1. The molecule has 0 bridgehead atoms. The van der Waals surface area contributed by atoms with Crippen molar-refractivity contribution in [2.45, 2.75) is 63.2 Å². The van der Waals surface area contributed by atoms with Gasteiger partial charge in [0.05, 0.1) is 5.60 Å². The number of nitrogens with zero attached hydrogens (tertiary/aromatic N) is 1. The van der Waals surface area contributed by atoms with Crippen molar-refractivity contribution < 1.29 is 9.53 Å². The molecular formula is C14H24N2O2. The van der Waals surface area contributed by atoms with Gasteiger partial charge in [-0.05, 0) is 58.5 Å². The van der Waals surface area contributed by atoms with E-state index in [0.717, 1.165) is 58.2 Å². The highest BCUT2D eigenvalue weighted by Crippen LogP contribution is 2.38. The molecule has 3 fully saturated rings. The van der Waals surface area contributed by atoms with Gasteiger partial charge < -0.3 is 15.0 Å². The summed E-state index contributed by atoms with van der Waals surface area (Å²) in [5.41, 5.74) is 0.00847. The number of amides is 1. The molecule has 0 saturated carbocycles. The molecule has 0 aromatic heterocycles. The van der Waals surface area contributed by atoms with Crippen LogP contribution < -0.4 is 5.32 Å². The number of rotatable bonds is 1. The number of carbonyl (C=O) groups excluding carboxylic acids is 1. The van der Waals surface area contributed by atoms with Crippen LogP contribution in [0.5, 0.6) is 0 Å². The maximum absolute atomic E-state index is 12.5. The van der Waals surface area contributed by atoms with Crippen molar-refractivity contribution >= 4 is 5.91 Å². The van der Waals surface area contributed by atoms with Crippen LogP contribution in [0.15, 0.2) is 0 Å². The van der Waals surface area contributed by atoms with Crippen molar-refractivity contribution in [2.24, 2.45) is 0 Å². The monoisotopic (exact) mass is 252 g/mol. The molecule has 0 aliphatic carbocycles. The fraction of sp³-hybridized carbons (Fsp3) is 0.929. The second kappa shape index (κ2) is 4.82. The fourth-order valence-electron chi connectivity index (χ4n) is 3.68. The molecule has 18 heavy (non-hydrogen) atoms. The van der Waals surface area contributed by atoms with E-state index < -0.39 is 0 Å². The lowest BCUT2D eigenvalue weighted by Gasteiger charge is -2.34. The summed E-state index contributed by atoms with van der Waals surface area (Å²) in [6.07, 6.45) is 6.24. The number of likely N-dealkylation sites (tertiary alicyclic amines) is 1. The van der Waals surface area contributed by atoms with Gasteiger partial charge in [0.2, 0.25) is 0 Å². The second-order valence-electron chi connectivity index (χ2n) is 6.10. The molecule has 3 saturated heterocycles. The topological polar surface area (TPSA) is 41.6 Å². The Bertz CT molecular complexity index is 326. The number of carbonyl (C=O) groups is 1. The Morgan fingerprint density at radius 2 is 2.06 bits per heavy atom. The first-order valence-electron chi connectivity index (χ1n) is 7.39. The van der Waals surface area contributed by atoms with Crippen molar-refractivity contribution in [3.05, 3.63) is 0 Å². The first kappa shape index (κ1) is 12.4. The predicted molar refractivity (Wildman–Crippen MR) is 69.4 cm³/mol. The molecule has 2 atom stereocenters. The van der Waals surface area contributed by atoms with Crippen molar-refractivity contribution in [2.75, 3.05) is 19.6 Å². The van der Waals surface area contributed by atoms with E-state index in [1.165, 1.54) is 0 Å². The van der Waals surface area contributed by atoms with Crippen LogP contribution in [0.3, 0.4) is 0 Å². The molecule has 3 heterocycles. The third-order valence-electron chi connectivity index (χ3n) is 4.88. The lowest BCUT2D eigenvalue weighted by atomic mass is 9.89. The summed E-state index contributed by atoms with van der Waals surface area (Å²) < 4.78 is 6.18. The molecule has 1 spiro atoms. The number of ether oxygens (including phenoxy) is 1. The third kappa shape index (κ3) is 2.16. The molecule has 4 heteroatoms. The van der Waals surface area contributed by atoms with Crippen LogP contribution in [-0.4, -0.2) is 48.2 Å². The summed E-state index contributed by atoms with van der Waals surface area (Å²) in [5.74, 6) is 0.246. The maximum Gasteiger partial charge on any atom is 0.251 e. The molecule has 3 aliphatic heterocycles. The Balaban J connectivity index is 1.62. The van der Waals surface area contributed by atoms with Crippen molar-refractivity contribution in [1.29, 1.82) is 0 Å². The van der Waals surface area contributed by atoms with Gasteiger partial charge in [0.15, 0.2) is 0 Å². The van der Waals surface area contributed by atoms with Crippen molar-refractivity contribution in [3.8, 4) is 0 Å². The van der Waals surface area contributed by atoms with Crippen LogP contribution in [0.2, 0.25) is 0 Å². The molecule has 2 unspecified atom stereocenters. The number of piperidine rings is 1. The van der Waals surface area contributed by atoms with Gasteiger partial charge in [0.25, 0.3) is 5.91 Å². The van der Waals surface area contributed by atoms with E-state index in [9.17, 15) is 4.79 Å². The zero-order chi connectivity index (χ0) is 12.6. The zero-order valence-corrected chi connectivity index (χ0v) is 11.3. The Kier molecular flexibility index (Phi) is 3.32. The Labute approximate surface area is 109 Å². The molecule has 0 aromatic rings. The van der Waals surface area contributed by atoms with E-state index in [0.29, 0.717) is 6.04 Å². The lowest BCUT2D eigenvalue weighted by Crippen LogP contribution is -2.45. The Hall–Kier alpha value is -0.610. The predicted octanol–water partition coefficient (Wildman–Crippen LogP) is 1.30. The summed E-state index contributed by atoms with van der Waals surface area (Å²) in [5, 5.41) is 3.37. The van der Waals surface area contributed by atoms with Gasteiger partial charge in [0.1, 0.15) is 6.10 Å². The summed E-state index contributed by atoms with van der Waals surface area (Å²) >= 11 is 0. The standard InChI is InChI=1S/C14H24N2O2/c1-11-3-2-10-16(11)13(17)12-4-5-14(18-12)6-8-15-9-7-14/h11-12,15H,2-10H2,1H3. The molecule has 102 valence electrons. The van der Waals surface area contributed by atoms with Gasteiger partial charge in [-0.15, -0.1) is 0 Å². The summed E-state index contributed by atoms with van der Waals surface area (Å²) in [6, 6.07) is 0.408. The van der Waals surface area contributed by atoms with Crippen LogP contribution in [0.1, 0.15) is 45.4 Å². The first-order valence-corrected chi connectivity index (χ1v) is 7.39. The largest absolute Gasteiger partial charge is 0.362 e. The average molecular weight is 252 g/mol. The highest BCUT2D eigenvalue weighted by atomic mass is 16.5. The molecule has 1 amide bonds. The summed E-state index contributed by atoms with van der Waals surface area (Å²) in [4.78, 5) is 14.5. The molecule has 3 rings (SSSR count). The van der Waals surface area contributed by atoms with Crippen LogP contribution in [0.25, 0.3) is 0 Å². The molecular weight excluding hydrogens is 228 g/mol. The van der Waals surface area contributed by atoms with E-state index in [2.05, 4.69) is 12.2 Å². The minimum atomic E-state index is -0.163. The van der Waals surface area contributed by atoms with Crippen LogP contribution in [0, 0.1) is 0 Å². The zero-order valence-electron chi connectivity index (χ0n) is 11.3. The van der Waals surface area contributed by atoms with E-state index in [-0.39, 0.29) is 17.6 Å². The molecule has 1 N–H and O–H groups in total. The van der Waals surface area contributed by atoms with E-state index in [1.807, 2.05) is 4.90 Å². The van der Waals surface area contributed by atoms with Gasteiger partial charge in [-0.3, -0.25) is 4.79 Å². The van der Waals surface area contributed by atoms with E-state index in [1.54, 1.807) is 0 Å².